The summed E-state index contributed by atoms with van der Waals surface area (Å²) in [5.41, 5.74) is -0.395. The molecule has 0 radical (unpaired) electrons. The van der Waals surface area contributed by atoms with Crippen molar-refractivity contribution in [1.82, 2.24) is 0 Å². The molecule has 9 aliphatic rings. The molecule has 5 heterocycles. The summed E-state index contributed by atoms with van der Waals surface area (Å²) in [6.45, 7) is 12.9. The van der Waals surface area contributed by atoms with Gasteiger partial charge in [-0.1, -0.05) is 37.1 Å². The highest BCUT2D eigenvalue weighted by atomic mass is 32.3. The van der Waals surface area contributed by atoms with E-state index in [9.17, 15) is 79.4 Å². The summed E-state index contributed by atoms with van der Waals surface area (Å²) in [5.74, 6) is -0.948. The lowest BCUT2D eigenvalue weighted by atomic mass is 9.47. The maximum absolute atomic E-state index is 12.4. The molecule has 0 aromatic carbocycles. The molecule has 33 atom stereocenters. The highest BCUT2D eigenvalue weighted by Gasteiger charge is 2.64. The average Bonchev–Trinajstić information content (AvgIpc) is 2.34. The molecule has 0 amide bonds. The van der Waals surface area contributed by atoms with Gasteiger partial charge in [-0.25, -0.2) is 4.18 Å². The third-order valence-electron chi connectivity index (χ3n) is 20.1. The Labute approximate surface area is 482 Å². The van der Waals surface area contributed by atoms with Gasteiger partial charge in [-0.05, 0) is 127 Å². The van der Waals surface area contributed by atoms with Gasteiger partial charge in [0.15, 0.2) is 31.5 Å². The zero-order chi connectivity index (χ0) is 60.7. The third kappa shape index (κ3) is 13.0. The Hall–Kier alpha value is -1.57. The Balaban J connectivity index is 0.976. The van der Waals surface area contributed by atoms with Crippen molar-refractivity contribution in [1.29, 1.82) is 0 Å². The van der Waals surface area contributed by atoms with Crippen LogP contribution in [0.25, 0.3) is 0 Å². The lowest BCUT2D eigenvalue weighted by Gasteiger charge is -2.60. The molecule has 0 aromatic rings. The summed E-state index contributed by atoms with van der Waals surface area (Å²) in [4.78, 5) is 0. The van der Waals surface area contributed by atoms with Gasteiger partial charge in [-0.2, -0.15) is 8.42 Å². The fourth-order valence-corrected chi connectivity index (χ4v) is 15.7. The molecule has 9 rings (SSSR count). The van der Waals surface area contributed by atoms with Crippen LogP contribution < -0.4 is 0 Å². The van der Waals surface area contributed by atoms with Crippen molar-refractivity contribution < 1.29 is 131 Å². The second-order valence-electron chi connectivity index (χ2n) is 25.8. The largest absolute Gasteiger partial charge is 0.397 e. The molecule has 478 valence electrons. The van der Waals surface area contributed by atoms with Gasteiger partial charge >= 0.3 is 10.4 Å². The van der Waals surface area contributed by atoms with Gasteiger partial charge in [0.05, 0.1) is 55.4 Å². The summed E-state index contributed by atoms with van der Waals surface area (Å²) < 4.78 is 100. The normalized spacial score (nSPS) is 51.6. The Morgan fingerprint density at radius 3 is 1.77 bits per heavy atom. The van der Waals surface area contributed by atoms with Crippen molar-refractivity contribution in [3.63, 3.8) is 0 Å². The summed E-state index contributed by atoms with van der Waals surface area (Å²) in [6, 6.07) is 0. The fraction of sp³-hybridized carbons (Fsp3) is 0.927. The van der Waals surface area contributed by atoms with Gasteiger partial charge < -0.3 is 114 Å². The molecule has 83 heavy (non-hydrogen) atoms. The van der Waals surface area contributed by atoms with E-state index >= 15 is 0 Å². The van der Waals surface area contributed by atoms with Crippen molar-refractivity contribution in [2.24, 2.45) is 34.5 Å². The van der Waals surface area contributed by atoms with E-state index in [-0.39, 0.29) is 37.0 Å². The van der Waals surface area contributed by atoms with Crippen LogP contribution >= 0.6 is 0 Å². The molecule has 0 unspecified atom stereocenters. The molecule has 5 saturated heterocycles. The number of aliphatic hydroxyl groups is 13. The average molecular weight is 1220 g/mol. The van der Waals surface area contributed by atoms with E-state index in [2.05, 4.69) is 19.9 Å². The van der Waals surface area contributed by atoms with Crippen LogP contribution in [0.5, 0.6) is 0 Å². The molecule has 0 spiro atoms. The van der Waals surface area contributed by atoms with Gasteiger partial charge in [0.1, 0.15) is 91.6 Å². The summed E-state index contributed by atoms with van der Waals surface area (Å²) in [5, 5.41) is 146. The molecule has 0 aromatic heterocycles. The van der Waals surface area contributed by atoms with Gasteiger partial charge in [-0.15, -0.1) is 0 Å². The van der Waals surface area contributed by atoms with Crippen LogP contribution in [0.2, 0.25) is 0 Å². The zero-order valence-electron chi connectivity index (χ0n) is 48.0. The first kappa shape index (κ1) is 65.9. The second kappa shape index (κ2) is 25.4. The van der Waals surface area contributed by atoms with Crippen molar-refractivity contribution in [3.8, 4) is 0 Å². The smallest absolute Gasteiger partial charge is 0.390 e. The summed E-state index contributed by atoms with van der Waals surface area (Å²) in [6.07, 6.45) is -33.2. The van der Waals surface area contributed by atoms with Gasteiger partial charge in [-0.3, -0.25) is 4.55 Å². The zero-order valence-corrected chi connectivity index (χ0v) is 48.8. The minimum atomic E-state index is -4.87. The van der Waals surface area contributed by atoms with E-state index in [1.807, 2.05) is 19.9 Å². The Bertz CT molecular complexity index is 2380. The monoisotopic (exact) mass is 1210 g/mol. The SMILES string of the molecule is CC(C)=CC[C@H](O)[C@](C)(O)[C@H]1CC[C@H]2[C@@H]3C[C@H](O[C@@H]4O[C@H](C)[C@@H](O)[C@H](O[C@@H]5OC[C@@H](O[C@@H]6OC[C@@H](O)[C@H](O)[C@H]6O[C@@H]6O[C@H](C)[C@H](O)[C@H](O)[C@H]6O)[C@H](O)[C@H]5O[C@@H]5O[C@H](C)[C@@H](O)[C@H](O)[C@H]5O)[C@H]4O)[C@H]4C[C@@H](OS(=O)(=O)O)CC[C@]4(C)C3=CC[C@]12C. The molecule has 5 aliphatic heterocycles. The first-order valence-electron chi connectivity index (χ1n) is 29.1. The highest BCUT2D eigenvalue weighted by molar-refractivity contribution is 7.80. The van der Waals surface area contributed by atoms with E-state index in [1.54, 1.807) is 6.92 Å². The Morgan fingerprint density at radius 1 is 0.651 bits per heavy atom. The van der Waals surface area contributed by atoms with Crippen LogP contribution in [0.4, 0.5) is 0 Å². The van der Waals surface area contributed by atoms with Crippen molar-refractivity contribution in [3.05, 3.63) is 23.3 Å². The molecule has 0 bridgehead atoms. The van der Waals surface area contributed by atoms with E-state index in [0.29, 0.717) is 32.1 Å². The highest BCUT2D eigenvalue weighted by Crippen LogP contribution is 2.67. The number of ether oxygens (including phenoxy) is 10. The van der Waals surface area contributed by atoms with E-state index < -0.39 is 206 Å². The number of aliphatic hydroxyl groups excluding tert-OH is 12. The number of fused-ring (bicyclic) bond motifs is 5. The minimum absolute atomic E-state index is 0.00986. The van der Waals surface area contributed by atoms with Crippen LogP contribution in [0, 0.1) is 34.5 Å². The molecular weight excluding hydrogens is 1120 g/mol. The van der Waals surface area contributed by atoms with E-state index in [4.69, 9.17) is 51.6 Å². The standard InChI is InChI=1S/C55H90O27S/c1-21(2)9-12-34(57)55(8,68)33-11-10-27-26-18-31(29-17-25(82-83(69,70)71)13-15-53(29,6)28(26)14-16-54(27,33)7)77-50-44(67)45(37(60)24(5)76-50)79-52-47(81-49-43(66)41(64)36(59)23(4)75-49)39(62)32(20-73-52)78-51-46(38(61)30(56)19-72-51)80-48-42(65)40(63)35(58)22(3)74-48/h9,14,22-27,29-52,56-68H,10-13,15-20H2,1-8H3,(H,69,70,71)/t22-,23-,24-,25+,26+,27+,29-,30-,31+,32-,33+,34+,35+,36-,37-,38+,39+,40+,41+,42-,43-,44-,45+,46-,47-,48+,49+,50+,51+,52+,53-,54+,55-/m1/s1. The first-order valence-corrected chi connectivity index (χ1v) is 30.5. The molecule has 14 N–H and O–H groups in total. The number of hydrogen-bond acceptors (Lipinski definition) is 26. The van der Waals surface area contributed by atoms with Crippen LogP contribution in [0.3, 0.4) is 0 Å². The Morgan fingerprint density at radius 2 is 1.18 bits per heavy atom. The Kier molecular flexibility index (Phi) is 20.1. The number of rotatable bonds is 16. The van der Waals surface area contributed by atoms with E-state index in [0.717, 1.165) is 11.1 Å². The minimum Gasteiger partial charge on any atom is -0.390 e. The first-order chi connectivity index (χ1) is 38.8. The summed E-state index contributed by atoms with van der Waals surface area (Å²) >= 11 is 0. The van der Waals surface area contributed by atoms with Crippen LogP contribution in [0.15, 0.2) is 23.3 Å². The molecule has 4 aliphatic carbocycles. The van der Waals surface area contributed by atoms with Gasteiger partial charge in [0, 0.05) is 0 Å². The maximum Gasteiger partial charge on any atom is 0.397 e. The predicted octanol–water partition coefficient (Wildman–Crippen LogP) is -2.33. The topological polar surface area (TPSA) is 419 Å². The molecule has 8 fully saturated rings. The van der Waals surface area contributed by atoms with Crippen LogP contribution in [0.1, 0.15) is 107 Å². The number of allylic oxidation sites excluding steroid dienone is 3. The third-order valence-corrected chi connectivity index (χ3v) is 20.6. The lowest BCUT2D eigenvalue weighted by Crippen LogP contribution is -2.66. The van der Waals surface area contributed by atoms with Crippen molar-refractivity contribution in [2.75, 3.05) is 13.2 Å². The quantitative estimate of drug-likeness (QED) is 0.0569. The van der Waals surface area contributed by atoms with Crippen molar-refractivity contribution >= 4 is 10.4 Å². The summed E-state index contributed by atoms with van der Waals surface area (Å²) in [7, 11) is -4.87. The second-order valence-corrected chi connectivity index (χ2v) is 26.9. The van der Waals surface area contributed by atoms with E-state index in [1.165, 1.54) is 20.8 Å². The van der Waals surface area contributed by atoms with Crippen LogP contribution in [-0.4, -0.2) is 258 Å². The molecule has 28 heteroatoms. The molecular formula is C55H90O27S. The molecule has 27 nitrogen and oxygen atoms in total. The maximum atomic E-state index is 12.4. The number of hydrogen-bond donors (Lipinski definition) is 14. The molecule has 3 saturated carbocycles. The fourth-order valence-electron chi connectivity index (χ4n) is 15.2. The van der Waals surface area contributed by atoms with Gasteiger partial charge in [0.25, 0.3) is 0 Å². The lowest BCUT2D eigenvalue weighted by molar-refractivity contribution is -0.394. The van der Waals surface area contributed by atoms with Crippen LogP contribution in [-0.2, 0) is 62.0 Å². The van der Waals surface area contributed by atoms with Gasteiger partial charge in [0.2, 0.25) is 0 Å². The predicted molar refractivity (Wildman–Crippen MR) is 281 cm³/mol. The van der Waals surface area contributed by atoms with Crippen molar-refractivity contribution in [2.45, 2.75) is 272 Å².